The number of nitrogens with two attached hydrogens (primary N) is 1. The highest BCUT2D eigenvalue weighted by atomic mass is 16.2. The number of carbonyl (C=O) groups is 1. The van der Waals surface area contributed by atoms with Gasteiger partial charge in [0.1, 0.15) is 5.56 Å². The fourth-order valence-electron chi connectivity index (χ4n) is 3.25. The number of nitrogen functional groups attached to an aromatic ring is 1. The number of hydrogen-bond donors (Lipinski definition) is 1. The molecule has 2 N–H and O–H groups in total. The predicted octanol–water partition coefficient (Wildman–Crippen LogP) is 3.18. The van der Waals surface area contributed by atoms with Crippen molar-refractivity contribution in [3.63, 3.8) is 0 Å². The van der Waals surface area contributed by atoms with Crippen molar-refractivity contribution >= 4 is 22.5 Å². The van der Waals surface area contributed by atoms with Crippen molar-refractivity contribution in [2.75, 3.05) is 18.8 Å². The van der Waals surface area contributed by atoms with Crippen LogP contribution in [0, 0.1) is 0 Å². The molecule has 1 aromatic heterocycles. The van der Waals surface area contributed by atoms with Gasteiger partial charge in [0, 0.05) is 31.0 Å². The second-order valence-electron chi connectivity index (χ2n) is 6.54. The Bertz CT molecular complexity index is 815. The molecule has 1 aliphatic rings. The molecule has 128 valence electrons. The Morgan fingerprint density at radius 1 is 1.25 bits per heavy atom. The number of benzene rings is 1. The van der Waals surface area contributed by atoms with Crippen molar-refractivity contribution in [3.8, 4) is 0 Å². The Kier molecular flexibility index (Phi) is 4.60. The monoisotopic (exact) mass is 327 g/mol. The minimum atomic E-state index is -0.248. The van der Waals surface area contributed by atoms with Crippen molar-refractivity contribution in [3.05, 3.63) is 40.2 Å². The summed E-state index contributed by atoms with van der Waals surface area (Å²) in [6.45, 7) is 5.41. The van der Waals surface area contributed by atoms with Gasteiger partial charge in [0.15, 0.2) is 0 Å². The molecule has 1 amide bonds. The lowest BCUT2D eigenvalue weighted by Gasteiger charge is -2.22. The molecule has 5 nitrogen and oxygen atoms in total. The number of fused-ring (bicyclic) bond motifs is 1. The summed E-state index contributed by atoms with van der Waals surface area (Å²) in [6, 6.07) is 5.87. The maximum Gasteiger partial charge on any atom is 0.259 e. The number of amides is 1. The Balaban J connectivity index is 2.17. The van der Waals surface area contributed by atoms with Gasteiger partial charge in [-0.1, -0.05) is 19.9 Å². The average Bonchev–Trinajstić information content (AvgIpc) is 3.39. The molecule has 1 saturated carbocycles. The zero-order chi connectivity index (χ0) is 17.3. The van der Waals surface area contributed by atoms with E-state index in [2.05, 4.69) is 4.57 Å². The van der Waals surface area contributed by atoms with Gasteiger partial charge >= 0.3 is 0 Å². The lowest BCUT2D eigenvalue weighted by Crippen LogP contribution is -2.36. The fourth-order valence-corrected chi connectivity index (χ4v) is 3.25. The van der Waals surface area contributed by atoms with Crippen LogP contribution in [0.25, 0.3) is 10.9 Å². The van der Waals surface area contributed by atoms with E-state index in [0.717, 1.165) is 31.2 Å². The van der Waals surface area contributed by atoms with Gasteiger partial charge in [-0.2, -0.15) is 0 Å². The summed E-state index contributed by atoms with van der Waals surface area (Å²) in [5, 5.41) is 0.475. The Hall–Kier alpha value is -2.30. The number of nitrogens with zero attached hydrogens (tertiary/aromatic N) is 2. The highest BCUT2D eigenvalue weighted by Crippen LogP contribution is 2.37. The fraction of sp³-hybridized carbons (Fsp3) is 0.474. The minimum Gasteiger partial charge on any atom is -0.398 e. The maximum absolute atomic E-state index is 13.0. The third kappa shape index (κ3) is 2.90. The summed E-state index contributed by atoms with van der Waals surface area (Å²) in [5.41, 5.74) is 7.34. The molecule has 0 bridgehead atoms. The van der Waals surface area contributed by atoms with E-state index in [9.17, 15) is 9.59 Å². The van der Waals surface area contributed by atoms with Gasteiger partial charge in [-0.25, -0.2) is 0 Å². The first kappa shape index (κ1) is 16.6. The van der Waals surface area contributed by atoms with Crippen LogP contribution in [-0.2, 0) is 0 Å². The Morgan fingerprint density at radius 3 is 2.50 bits per heavy atom. The summed E-state index contributed by atoms with van der Waals surface area (Å²) in [4.78, 5) is 27.7. The highest BCUT2D eigenvalue weighted by molar-refractivity contribution is 6.00. The van der Waals surface area contributed by atoms with Crippen LogP contribution < -0.4 is 11.2 Å². The topological polar surface area (TPSA) is 68.3 Å². The summed E-state index contributed by atoms with van der Waals surface area (Å²) in [7, 11) is 0. The molecule has 5 heteroatoms. The molecule has 0 spiro atoms. The van der Waals surface area contributed by atoms with E-state index in [0.29, 0.717) is 30.2 Å². The molecule has 0 radical (unpaired) electrons. The van der Waals surface area contributed by atoms with E-state index in [1.165, 1.54) is 0 Å². The first-order valence-electron chi connectivity index (χ1n) is 8.81. The number of rotatable bonds is 6. The largest absolute Gasteiger partial charge is 0.398 e. The smallest absolute Gasteiger partial charge is 0.259 e. The second kappa shape index (κ2) is 6.67. The third-order valence-electron chi connectivity index (χ3n) is 4.54. The van der Waals surface area contributed by atoms with Crippen LogP contribution in [0.1, 0.15) is 55.9 Å². The van der Waals surface area contributed by atoms with E-state index in [1.807, 2.05) is 26.0 Å². The minimum absolute atomic E-state index is 0.178. The van der Waals surface area contributed by atoms with Gasteiger partial charge in [-0.05, 0) is 37.8 Å². The molecule has 0 atom stereocenters. The molecule has 1 aromatic carbocycles. The van der Waals surface area contributed by atoms with E-state index >= 15 is 0 Å². The normalized spacial score (nSPS) is 14.1. The van der Waals surface area contributed by atoms with Crippen LogP contribution >= 0.6 is 0 Å². The molecule has 24 heavy (non-hydrogen) atoms. The molecular weight excluding hydrogens is 302 g/mol. The quantitative estimate of drug-likeness (QED) is 0.829. The van der Waals surface area contributed by atoms with Crippen LogP contribution in [0.3, 0.4) is 0 Å². The van der Waals surface area contributed by atoms with E-state index < -0.39 is 0 Å². The van der Waals surface area contributed by atoms with Gasteiger partial charge in [0.2, 0.25) is 5.43 Å². The summed E-state index contributed by atoms with van der Waals surface area (Å²) >= 11 is 0. The van der Waals surface area contributed by atoms with Crippen molar-refractivity contribution < 1.29 is 4.79 Å². The highest BCUT2D eigenvalue weighted by Gasteiger charge is 2.28. The molecule has 1 fully saturated rings. The number of carbonyl (C=O) groups excluding carboxylic acids is 1. The second-order valence-corrected chi connectivity index (χ2v) is 6.54. The van der Waals surface area contributed by atoms with Crippen molar-refractivity contribution in [1.82, 2.24) is 9.47 Å². The molecule has 0 unspecified atom stereocenters. The molecule has 3 rings (SSSR count). The summed E-state index contributed by atoms with van der Waals surface area (Å²) in [5.74, 6) is -0.178. The standard InChI is InChI=1S/C19H25N3O2/c1-3-10-21(11-4-2)19(24)14-12-22(13-8-9-13)16-7-5-6-15(20)17(16)18(14)23/h5-7,12-13H,3-4,8-11,20H2,1-2H3. The van der Waals surface area contributed by atoms with E-state index in [-0.39, 0.29) is 16.9 Å². The van der Waals surface area contributed by atoms with Crippen LogP contribution in [0.5, 0.6) is 0 Å². The first-order valence-corrected chi connectivity index (χ1v) is 8.81. The molecule has 1 heterocycles. The number of aromatic nitrogens is 1. The average molecular weight is 327 g/mol. The maximum atomic E-state index is 13.0. The zero-order valence-corrected chi connectivity index (χ0v) is 14.4. The predicted molar refractivity (Wildman–Crippen MR) is 97.4 cm³/mol. The van der Waals surface area contributed by atoms with Crippen LogP contribution in [0.15, 0.2) is 29.2 Å². The van der Waals surface area contributed by atoms with Crippen LogP contribution in [-0.4, -0.2) is 28.5 Å². The van der Waals surface area contributed by atoms with Crippen molar-refractivity contribution in [2.45, 2.75) is 45.6 Å². The lowest BCUT2D eigenvalue weighted by molar-refractivity contribution is 0.0753. The van der Waals surface area contributed by atoms with Crippen LogP contribution in [0.2, 0.25) is 0 Å². The molecule has 0 saturated heterocycles. The van der Waals surface area contributed by atoms with Gasteiger partial charge in [-0.15, -0.1) is 0 Å². The molecule has 0 aliphatic heterocycles. The van der Waals surface area contributed by atoms with Crippen molar-refractivity contribution in [1.29, 1.82) is 0 Å². The van der Waals surface area contributed by atoms with E-state index in [4.69, 9.17) is 5.73 Å². The Morgan fingerprint density at radius 2 is 1.92 bits per heavy atom. The third-order valence-corrected chi connectivity index (χ3v) is 4.54. The summed E-state index contributed by atoms with van der Waals surface area (Å²) in [6.07, 6.45) is 5.65. The van der Waals surface area contributed by atoms with E-state index in [1.54, 1.807) is 17.2 Å². The molecule has 2 aromatic rings. The lowest BCUT2D eigenvalue weighted by atomic mass is 10.1. The van der Waals surface area contributed by atoms with Gasteiger partial charge in [-0.3, -0.25) is 9.59 Å². The Labute approximate surface area is 142 Å². The van der Waals surface area contributed by atoms with Crippen LogP contribution in [0.4, 0.5) is 5.69 Å². The first-order chi connectivity index (χ1) is 11.6. The number of anilines is 1. The van der Waals surface area contributed by atoms with Crippen molar-refractivity contribution in [2.24, 2.45) is 0 Å². The number of pyridine rings is 1. The zero-order valence-electron chi connectivity index (χ0n) is 14.4. The molecule has 1 aliphatic carbocycles. The SMILES string of the molecule is CCCN(CCC)C(=O)c1cn(C2CC2)c2cccc(N)c2c1=O. The number of hydrogen-bond acceptors (Lipinski definition) is 3. The summed E-state index contributed by atoms with van der Waals surface area (Å²) < 4.78 is 2.07. The molecular formula is C19H25N3O2. The van der Waals surface area contributed by atoms with Gasteiger partial charge in [0.05, 0.1) is 10.9 Å². The van der Waals surface area contributed by atoms with Gasteiger partial charge < -0.3 is 15.2 Å². The van der Waals surface area contributed by atoms with Gasteiger partial charge in [0.25, 0.3) is 5.91 Å².